The van der Waals surface area contributed by atoms with Gasteiger partial charge in [0.1, 0.15) is 0 Å². The van der Waals surface area contributed by atoms with Crippen LogP contribution < -0.4 is 0 Å². The van der Waals surface area contributed by atoms with Gasteiger partial charge in [-0.15, -0.1) is 24.0 Å². The molecule has 0 unspecified atom stereocenters. The third-order valence-corrected chi connectivity index (χ3v) is 3.31. The molecule has 0 N–H and O–H groups in total. The van der Waals surface area contributed by atoms with Crippen LogP contribution in [0.3, 0.4) is 0 Å². The fourth-order valence-corrected chi connectivity index (χ4v) is 2.57. The SMILES string of the molecule is Fc1c(S)sc2cccc(C(F)F)c12. The topological polar surface area (TPSA) is 0 Å². The number of hydrogen-bond acceptors (Lipinski definition) is 2. The van der Waals surface area contributed by atoms with Gasteiger partial charge in [-0.25, -0.2) is 13.2 Å². The van der Waals surface area contributed by atoms with Gasteiger partial charge in [0.2, 0.25) is 0 Å². The summed E-state index contributed by atoms with van der Waals surface area (Å²) in [5, 5.41) is -0.00231. The number of thiol groups is 1. The summed E-state index contributed by atoms with van der Waals surface area (Å²) in [6, 6.07) is 4.33. The van der Waals surface area contributed by atoms with E-state index >= 15 is 0 Å². The van der Waals surface area contributed by atoms with Crippen LogP contribution in [0.4, 0.5) is 13.2 Å². The van der Waals surface area contributed by atoms with Crippen LogP contribution in [0.2, 0.25) is 0 Å². The summed E-state index contributed by atoms with van der Waals surface area (Å²) in [4.78, 5) is 0. The van der Waals surface area contributed by atoms with Crippen LogP contribution in [0.25, 0.3) is 10.1 Å². The summed E-state index contributed by atoms with van der Waals surface area (Å²) in [5.41, 5.74) is -0.267. The van der Waals surface area contributed by atoms with E-state index in [-0.39, 0.29) is 15.2 Å². The summed E-state index contributed by atoms with van der Waals surface area (Å²) in [6.07, 6.45) is -2.66. The largest absolute Gasteiger partial charge is 0.264 e. The van der Waals surface area contributed by atoms with Gasteiger partial charge in [0.05, 0.1) is 4.21 Å². The predicted octanol–water partition coefficient (Wildman–Crippen LogP) is 4.27. The van der Waals surface area contributed by atoms with E-state index in [9.17, 15) is 13.2 Å². The van der Waals surface area contributed by atoms with Crippen molar-refractivity contribution in [3.05, 3.63) is 29.6 Å². The monoisotopic (exact) mass is 234 g/mol. The van der Waals surface area contributed by atoms with Crippen molar-refractivity contribution >= 4 is 34.1 Å². The van der Waals surface area contributed by atoms with Gasteiger partial charge < -0.3 is 0 Å². The lowest BCUT2D eigenvalue weighted by Crippen LogP contribution is -1.85. The van der Waals surface area contributed by atoms with Crippen molar-refractivity contribution in [2.45, 2.75) is 10.6 Å². The highest BCUT2D eigenvalue weighted by atomic mass is 32.2. The fourth-order valence-electron chi connectivity index (χ4n) is 1.31. The highest BCUT2D eigenvalue weighted by Crippen LogP contribution is 2.37. The van der Waals surface area contributed by atoms with E-state index in [0.717, 1.165) is 11.3 Å². The molecule has 0 nitrogen and oxygen atoms in total. The maximum absolute atomic E-state index is 13.4. The van der Waals surface area contributed by atoms with Crippen molar-refractivity contribution in [3.63, 3.8) is 0 Å². The second-order valence-corrected chi connectivity index (χ2v) is 4.54. The number of benzene rings is 1. The molecule has 0 radical (unpaired) electrons. The number of hydrogen-bond donors (Lipinski definition) is 1. The van der Waals surface area contributed by atoms with Gasteiger partial charge in [0.15, 0.2) is 5.82 Å². The van der Waals surface area contributed by atoms with E-state index in [1.165, 1.54) is 12.1 Å². The second-order valence-electron chi connectivity index (χ2n) is 2.74. The molecular formula is C9H5F3S2. The Kier molecular flexibility index (Phi) is 2.45. The second kappa shape index (κ2) is 3.47. The van der Waals surface area contributed by atoms with Crippen LogP contribution in [0.15, 0.2) is 22.4 Å². The molecule has 0 saturated carbocycles. The van der Waals surface area contributed by atoms with E-state index in [1.807, 2.05) is 0 Å². The van der Waals surface area contributed by atoms with Gasteiger partial charge in [-0.2, -0.15) is 0 Å². The molecule has 0 spiro atoms. The Labute approximate surface area is 87.8 Å². The van der Waals surface area contributed by atoms with Gasteiger partial charge in [-0.05, 0) is 6.07 Å². The molecule has 0 aliphatic heterocycles. The standard InChI is InChI=1S/C9H5F3S2/c10-7-6-4(8(11)12)2-1-3-5(6)14-9(7)13/h1-3,8,13H. The van der Waals surface area contributed by atoms with Gasteiger partial charge in [-0.1, -0.05) is 12.1 Å². The third kappa shape index (κ3) is 1.40. The molecule has 14 heavy (non-hydrogen) atoms. The zero-order chi connectivity index (χ0) is 10.3. The van der Waals surface area contributed by atoms with Crippen molar-refractivity contribution in [3.8, 4) is 0 Å². The van der Waals surface area contributed by atoms with E-state index in [4.69, 9.17) is 0 Å². The third-order valence-electron chi connectivity index (χ3n) is 1.91. The first-order valence-electron chi connectivity index (χ1n) is 3.79. The smallest absolute Gasteiger partial charge is 0.205 e. The summed E-state index contributed by atoms with van der Waals surface area (Å²) in [5.74, 6) is -0.649. The average Bonchev–Trinajstić information content (AvgIpc) is 2.43. The normalized spacial score (nSPS) is 11.5. The summed E-state index contributed by atoms with van der Waals surface area (Å²) >= 11 is 4.94. The van der Waals surface area contributed by atoms with Crippen molar-refractivity contribution < 1.29 is 13.2 Å². The van der Waals surface area contributed by atoms with Gasteiger partial charge in [-0.3, -0.25) is 0 Å². The molecule has 2 rings (SSSR count). The van der Waals surface area contributed by atoms with Crippen molar-refractivity contribution in [1.29, 1.82) is 0 Å². The number of rotatable bonds is 1. The molecule has 5 heteroatoms. The van der Waals surface area contributed by atoms with Crippen LogP contribution in [0.1, 0.15) is 12.0 Å². The lowest BCUT2D eigenvalue weighted by molar-refractivity contribution is 0.153. The molecule has 0 aliphatic rings. The summed E-state index contributed by atoms with van der Waals surface area (Å²) < 4.78 is 39.0. The molecule has 0 fully saturated rings. The molecule has 1 aromatic heterocycles. The minimum Gasteiger partial charge on any atom is -0.205 e. The van der Waals surface area contributed by atoms with Crippen molar-refractivity contribution in [1.82, 2.24) is 0 Å². The van der Waals surface area contributed by atoms with E-state index < -0.39 is 12.2 Å². The minimum absolute atomic E-state index is 0.00231. The maximum Gasteiger partial charge on any atom is 0.264 e. The van der Waals surface area contributed by atoms with Gasteiger partial charge in [0, 0.05) is 15.6 Å². The zero-order valence-electron chi connectivity index (χ0n) is 6.80. The fraction of sp³-hybridized carbons (Fsp3) is 0.111. The molecular weight excluding hydrogens is 229 g/mol. The Hall–Kier alpha value is -0.680. The summed E-state index contributed by atoms with van der Waals surface area (Å²) in [6.45, 7) is 0. The molecule has 1 aromatic carbocycles. The molecule has 0 bridgehead atoms. The van der Waals surface area contributed by atoms with E-state index in [1.54, 1.807) is 6.07 Å². The van der Waals surface area contributed by atoms with Gasteiger partial charge in [0.25, 0.3) is 6.43 Å². The summed E-state index contributed by atoms with van der Waals surface area (Å²) in [7, 11) is 0. The quantitative estimate of drug-likeness (QED) is 0.700. The molecule has 74 valence electrons. The highest BCUT2D eigenvalue weighted by molar-refractivity contribution is 7.83. The first kappa shape index (κ1) is 9.86. The molecule has 0 saturated heterocycles. The average molecular weight is 234 g/mol. The van der Waals surface area contributed by atoms with E-state index in [2.05, 4.69) is 12.6 Å². The number of alkyl halides is 2. The Morgan fingerprint density at radius 2 is 2.00 bits per heavy atom. The zero-order valence-corrected chi connectivity index (χ0v) is 8.51. The maximum atomic E-state index is 13.4. The van der Waals surface area contributed by atoms with E-state index in [0.29, 0.717) is 4.70 Å². The van der Waals surface area contributed by atoms with Crippen LogP contribution in [-0.2, 0) is 0 Å². The molecule has 1 heterocycles. The van der Waals surface area contributed by atoms with Crippen molar-refractivity contribution in [2.75, 3.05) is 0 Å². The minimum atomic E-state index is -2.66. The predicted molar refractivity (Wildman–Crippen MR) is 54.0 cm³/mol. The molecule has 0 atom stereocenters. The number of fused-ring (bicyclic) bond motifs is 1. The number of halogens is 3. The van der Waals surface area contributed by atoms with Crippen molar-refractivity contribution in [2.24, 2.45) is 0 Å². The van der Waals surface area contributed by atoms with Crippen LogP contribution >= 0.6 is 24.0 Å². The Morgan fingerprint density at radius 1 is 1.29 bits per heavy atom. The molecule has 0 aliphatic carbocycles. The first-order chi connectivity index (χ1) is 6.61. The molecule has 2 aromatic rings. The molecule has 0 amide bonds. The Bertz CT molecular complexity index is 476. The lowest BCUT2D eigenvalue weighted by atomic mass is 10.1. The lowest BCUT2D eigenvalue weighted by Gasteiger charge is -2.00. The first-order valence-corrected chi connectivity index (χ1v) is 5.05. The van der Waals surface area contributed by atoms with Crippen LogP contribution in [0.5, 0.6) is 0 Å². The highest BCUT2D eigenvalue weighted by Gasteiger charge is 2.18. The van der Waals surface area contributed by atoms with Gasteiger partial charge >= 0.3 is 0 Å². The van der Waals surface area contributed by atoms with Crippen LogP contribution in [0, 0.1) is 5.82 Å². The number of thiophene rings is 1. The Balaban J connectivity index is 2.84. The Morgan fingerprint density at radius 3 is 2.64 bits per heavy atom. The van der Waals surface area contributed by atoms with Crippen LogP contribution in [-0.4, -0.2) is 0 Å².